The van der Waals surface area contributed by atoms with E-state index < -0.39 is 0 Å². The zero-order valence-electron chi connectivity index (χ0n) is 17.4. The molecule has 1 aromatic heterocycles. The van der Waals surface area contributed by atoms with Crippen LogP contribution in [0.4, 0.5) is 10.3 Å². The molecule has 158 valence electrons. The smallest absolute Gasteiger partial charge is 0.232 e. The SMILES string of the molecule is CCC(=O)N(CCOC)Cc1c(-c2ccc(F)cc2)noc1N1CCN(C)CC1. The predicted molar refractivity (Wildman–Crippen MR) is 109 cm³/mol. The van der Waals surface area contributed by atoms with E-state index in [4.69, 9.17) is 9.26 Å². The lowest BCUT2D eigenvalue weighted by Crippen LogP contribution is -2.45. The Morgan fingerprint density at radius 3 is 2.55 bits per heavy atom. The Kier molecular flexibility index (Phi) is 7.22. The third-order valence-electron chi connectivity index (χ3n) is 5.25. The number of benzene rings is 1. The Morgan fingerprint density at radius 1 is 1.24 bits per heavy atom. The molecule has 0 bridgehead atoms. The van der Waals surface area contributed by atoms with Crippen LogP contribution in [0, 0.1) is 5.82 Å². The molecule has 0 aliphatic carbocycles. The fourth-order valence-corrected chi connectivity index (χ4v) is 3.44. The molecule has 1 aromatic carbocycles. The van der Waals surface area contributed by atoms with Gasteiger partial charge in [-0.3, -0.25) is 4.79 Å². The van der Waals surface area contributed by atoms with Gasteiger partial charge < -0.3 is 24.0 Å². The Bertz CT molecular complexity index is 801. The average Bonchev–Trinajstić information content (AvgIpc) is 3.15. The molecule has 1 saturated heterocycles. The van der Waals surface area contributed by atoms with Crippen molar-refractivity contribution in [3.63, 3.8) is 0 Å². The van der Waals surface area contributed by atoms with Crippen LogP contribution in [0.1, 0.15) is 18.9 Å². The van der Waals surface area contributed by atoms with Gasteiger partial charge in [-0.25, -0.2) is 4.39 Å². The van der Waals surface area contributed by atoms with Crippen molar-refractivity contribution in [1.82, 2.24) is 15.0 Å². The summed E-state index contributed by atoms with van der Waals surface area (Å²) in [5.41, 5.74) is 2.26. The van der Waals surface area contributed by atoms with E-state index in [1.165, 1.54) is 12.1 Å². The lowest BCUT2D eigenvalue weighted by atomic mass is 10.1. The van der Waals surface area contributed by atoms with Crippen molar-refractivity contribution >= 4 is 11.8 Å². The van der Waals surface area contributed by atoms with Crippen molar-refractivity contribution in [2.24, 2.45) is 0 Å². The van der Waals surface area contributed by atoms with Gasteiger partial charge in [0.1, 0.15) is 11.5 Å². The van der Waals surface area contributed by atoms with E-state index in [9.17, 15) is 9.18 Å². The van der Waals surface area contributed by atoms with Crippen LogP contribution in [0.25, 0.3) is 11.3 Å². The number of halogens is 1. The number of anilines is 1. The fraction of sp³-hybridized carbons (Fsp3) is 0.524. The molecule has 0 radical (unpaired) electrons. The monoisotopic (exact) mass is 404 g/mol. The molecule has 2 heterocycles. The second kappa shape index (κ2) is 9.84. The number of carbonyl (C=O) groups is 1. The number of piperazine rings is 1. The molecule has 0 spiro atoms. The first-order valence-corrected chi connectivity index (χ1v) is 9.98. The molecule has 1 aliphatic rings. The van der Waals surface area contributed by atoms with Gasteiger partial charge in [0.05, 0.1) is 18.7 Å². The number of ether oxygens (including phenoxy) is 1. The number of rotatable bonds is 8. The number of hydrogen-bond donors (Lipinski definition) is 0. The Labute approximate surface area is 171 Å². The maximum absolute atomic E-state index is 13.4. The molecule has 1 amide bonds. The van der Waals surface area contributed by atoms with Crippen LogP contribution in [0.15, 0.2) is 28.8 Å². The molecule has 0 unspecified atom stereocenters. The summed E-state index contributed by atoms with van der Waals surface area (Å²) in [6.07, 6.45) is 0.407. The maximum Gasteiger partial charge on any atom is 0.232 e. The van der Waals surface area contributed by atoms with E-state index >= 15 is 0 Å². The average molecular weight is 404 g/mol. The van der Waals surface area contributed by atoms with Gasteiger partial charge in [-0.2, -0.15) is 0 Å². The Balaban J connectivity index is 1.96. The van der Waals surface area contributed by atoms with E-state index in [1.807, 2.05) is 6.92 Å². The fourth-order valence-electron chi connectivity index (χ4n) is 3.44. The van der Waals surface area contributed by atoms with Crippen LogP contribution in [-0.2, 0) is 16.1 Å². The van der Waals surface area contributed by atoms with Crippen molar-refractivity contribution in [3.8, 4) is 11.3 Å². The van der Waals surface area contributed by atoms with Gasteiger partial charge >= 0.3 is 0 Å². The first-order valence-electron chi connectivity index (χ1n) is 9.98. The highest BCUT2D eigenvalue weighted by Crippen LogP contribution is 2.33. The summed E-state index contributed by atoms with van der Waals surface area (Å²) in [4.78, 5) is 18.7. The Hall–Kier alpha value is -2.45. The molecule has 0 N–H and O–H groups in total. The van der Waals surface area contributed by atoms with E-state index in [0.717, 1.165) is 37.3 Å². The summed E-state index contributed by atoms with van der Waals surface area (Å²) in [6, 6.07) is 6.18. The molecule has 29 heavy (non-hydrogen) atoms. The number of carbonyl (C=O) groups excluding carboxylic acids is 1. The summed E-state index contributed by atoms with van der Waals surface area (Å²) in [5, 5.41) is 4.31. The molecule has 1 aliphatic heterocycles. The van der Waals surface area contributed by atoms with E-state index in [1.54, 1.807) is 24.1 Å². The number of amides is 1. The highest BCUT2D eigenvalue weighted by molar-refractivity contribution is 5.77. The zero-order chi connectivity index (χ0) is 20.8. The van der Waals surface area contributed by atoms with Gasteiger partial charge in [0.2, 0.25) is 11.8 Å². The molecule has 0 saturated carbocycles. The molecule has 3 rings (SSSR count). The highest BCUT2D eigenvalue weighted by atomic mass is 19.1. The van der Waals surface area contributed by atoms with Crippen molar-refractivity contribution < 1.29 is 18.4 Å². The molecular weight excluding hydrogens is 375 g/mol. The van der Waals surface area contributed by atoms with Gasteiger partial charge in [-0.05, 0) is 31.3 Å². The van der Waals surface area contributed by atoms with Crippen molar-refractivity contribution in [2.75, 3.05) is 58.4 Å². The van der Waals surface area contributed by atoms with Crippen LogP contribution < -0.4 is 4.90 Å². The van der Waals surface area contributed by atoms with Crippen LogP contribution in [0.5, 0.6) is 0 Å². The van der Waals surface area contributed by atoms with Crippen molar-refractivity contribution in [1.29, 1.82) is 0 Å². The van der Waals surface area contributed by atoms with Gasteiger partial charge in [-0.1, -0.05) is 12.1 Å². The predicted octanol–water partition coefficient (Wildman–Crippen LogP) is 2.62. The molecular formula is C21H29FN4O3. The minimum atomic E-state index is -0.305. The van der Waals surface area contributed by atoms with E-state index in [-0.39, 0.29) is 11.7 Å². The second-order valence-electron chi connectivity index (χ2n) is 7.27. The second-order valence-corrected chi connectivity index (χ2v) is 7.27. The van der Waals surface area contributed by atoms with Crippen molar-refractivity contribution in [3.05, 3.63) is 35.6 Å². The van der Waals surface area contributed by atoms with E-state index in [0.29, 0.717) is 37.7 Å². The summed E-state index contributed by atoms with van der Waals surface area (Å²) in [6.45, 7) is 6.64. The van der Waals surface area contributed by atoms with Crippen molar-refractivity contribution in [2.45, 2.75) is 19.9 Å². The normalized spacial score (nSPS) is 15.0. The van der Waals surface area contributed by atoms with E-state index in [2.05, 4.69) is 22.0 Å². The van der Waals surface area contributed by atoms with Gasteiger partial charge in [0.25, 0.3) is 0 Å². The summed E-state index contributed by atoms with van der Waals surface area (Å²) >= 11 is 0. The number of aromatic nitrogens is 1. The van der Waals surface area contributed by atoms with Crippen LogP contribution >= 0.6 is 0 Å². The summed E-state index contributed by atoms with van der Waals surface area (Å²) in [5.74, 6) is 0.419. The quantitative estimate of drug-likeness (QED) is 0.674. The van der Waals surface area contributed by atoms with Crippen LogP contribution in [0.3, 0.4) is 0 Å². The lowest BCUT2D eigenvalue weighted by Gasteiger charge is -2.33. The molecule has 2 aromatic rings. The molecule has 0 atom stereocenters. The topological polar surface area (TPSA) is 62.1 Å². The number of methoxy groups -OCH3 is 1. The largest absolute Gasteiger partial charge is 0.383 e. The first kappa shape index (κ1) is 21.3. The van der Waals surface area contributed by atoms with Gasteiger partial charge in [0.15, 0.2) is 0 Å². The molecule has 7 nitrogen and oxygen atoms in total. The number of likely N-dealkylation sites (N-methyl/N-ethyl adjacent to an activating group) is 1. The molecule has 1 fully saturated rings. The maximum atomic E-state index is 13.4. The van der Waals surface area contributed by atoms with Gasteiger partial charge in [-0.15, -0.1) is 0 Å². The minimum Gasteiger partial charge on any atom is -0.383 e. The number of hydrogen-bond acceptors (Lipinski definition) is 6. The third-order valence-corrected chi connectivity index (χ3v) is 5.25. The van der Waals surface area contributed by atoms with Crippen LogP contribution in [0.2, 0.25) is 0 Å². The van der Waals surface area contributed by atoms with Crippen LogP contribution in [-0.4, -0.2) is 74.4 Å². The summed E-state index contributed by atoms with van der Waals surface area (Å²) in [7, 11) is 3.71. The first-order chi connectivity index (χ1) is 14.0. The molecule has 8 heteroatoms. The third kappa shape index (κ3) is 5.13. The Morgan fingerprint density at radius 2 is 1.93 bits per heavy atom. The van der Waals surface area contributed by atoms with Gasteiger partial charge in [0, 0.05) is 51.8 Å². The number of nitrogens with zero attached hydrogens (tertiary/aromatic N) is 4. The summed E-state index contributed by atoms with van der Waals surface area (Å²) < 4.78 is 24.4. The minimum absolute atomic E-state index is 0.0395. The highest BCUT2D eigenvalue weighted by Gasteiger charge is 2.27. The zero-order valence-corrected chi connectivity index (χ0v) is 17.4. The lowest BCUT2D eigenvalue weighted by molar-refractivity contribution is -0.132. The standard InChI is InChI=1S/C21H29FN4O3/c1-4-19(27)26(13-14-28-3)15-18-20(16-5-7-17(22)8-6-16)23-29-21(18)25-11-9-24(2)10-12-25/h5-8H,4,9-15H2,1-3H3.